The SMILES string of the molecule is O=C(N1CCOCC1)N1CCN(C2CC2)CC1. The maximum Gasteiger partial charge on any atom is 0.320 e. The minimum absolute atomic E-state index is 0.212. The summed E-state index contributed by atoms with van der Waals surface area (Å²) in [6.45, 7) is 6.78. The Morgan fingerprint density at radius 1 is 0.882 bits per heavy atom. The zero-order valence-corrected chi connectivity index (χ0v) is 10.3. The highest BCUT2D eigenvalue weighted by Gasteiger charge is 2.33. The molecule has 2 amide bonds. The summed E-state index contributed by atoms with van der Waals surface area (Å²) < 4.78 is 5.27. The van der Waals surface area contributed by atoms with E-state index in [1.165, 1.54) is 12.8 Å². The van der Waals surface area contributed by atoms with E-state index in [4.69, 9.17) is 4.74 Å². The number of piperazine rings is 1. The van der Waals surface area contributed by atoms with Gasteiger partial charge in [-0.1, -0.05) is 0 Å². The van der Waals surface area contributed by atoms with Crippen LogP contribution in [0.1, 0.15) is 12.8 Å². The first-order valence-electron chi connectivity index (χ1n) is 6.70. The van der Waals surface area contributed by atoms with E-state index in [0.29, 0.717) is 13.2 Å². The number of hydrogen-bond donors (Lipinski definition) is 0. The molecule has 0 unspecified atom stereocenters. The Hall–Kier alpha value is -0.810. The van der Waals surface area contributed by atoms with Crippen molar-refractivity contribution >= 4 is 6.03 Å². The predicted molar refractivity (Wildman–Crippen MR) is 64.0 cm³/mol. The molecule has 0 aromatic carbocycles. The molecule has 3 fully saturated rings. The van der Waals surface area contributed by atoms with Gasteiger partial charge in [0.2, 0.25) is 0 Å². The van der Waals surface area contributed by atoms with Gasteiger partial charge in [-0.15, -0.1) is 0 Å². The van der Waals surface area contributed by atoms with E-state index in [1.807, 2.05) is 9.80 Å². The van der Waals surface area contributed by atoms with Gasteiger partial charge >= 0.3 is 6.03 Å². The van der Waals surface area contributed by atoms with Crippen molar-refractivity contribution in [1.29, 1.82) is 0 Å². The molecule has 0 aromatic heterocycles. The molecule has 5 nitrogen and oxygen atoms in total. The van der Waals surface area contributed by atoms with Crippen molar-refractivity contribution in [2.75, 3.05) is 52.5 Å². The van der Waals surface area contributed by atoms with Gasteiger partial charge < -0.3 is 14.5 Å². The molecule has 0 N–H and O–H groups in total. The van der Waals surface area contributed by atoms with Crippen LogP contribution in [0.2, 0.25) is 0 Å². The Bertz CT molecular complexity index is 279. The summed E-state index contributed by atoms with van der Waals surface area (Å²) in [5.74, 6) is 0. The number of hydrogen-bond acceptors (Lipinski definition) is 3. The quantitative estimate of drug-likeness (QED) is 0.656. The summed E-state index contributed by atoms with van der Waals surface area (Å²) in [5, 5.41) is 0. The highest BCUT2D eigenvalue weighted by molar-refractivity contribution is 5.74. The molecule has 17 heavy (non-hydrogen) atoms. The highest BCUT2D eigenvalue weighted by atomic mass is 16.5. The number of urea groups is 1. The van der Waals surface area contributed by atoms with E-state index in [0.717, 1.165) is 45.3 Å². The molecule has 2 aliphatic heterocycles. The van der Waals surface area contributed by atoms with E-state index >= 15 is 0 Å². The second-order valence-electron chi connectivity index (χ2n) is 5.14. The van der Waals surface area contributed by atoms with Gasteiger partial charge in [-0.3, -0.25) is 4.90 Å². The molecule has 5 heteroatoms. The lowest BCUT2D eigenvalue weighted by molar-refractivity contribution is 0.0372. The second-order valence-corrected chi connectivity index (χ2v) is 5.14. The molecule has 0 spiro atoms. The van der Waals surface area contributed by atoms with Crippen LogP contribution in [0.5, 0.6) is 0 Å². The molecule has 1 saturated carbocycles. The second kappa shape index (κ2) is 4.82. The standard InChI is InChI=1S/C12H21N3O2/c16-12(15-7-9-17-10-8-15)14-5-3-13(4-6-14)11-1-2-11/h11H,1-10H2. The van der Waals surface area contributed by atoms with Crippen molar-refractivity contribution in [1.82, 2.24) is 14.7 Å². The lowest BCUT2D eigenvalue weighted by Crippen LogP contribution is -2.55. The number of ether oxygens (including phenoxy) is 1. The molecule has 1 aliphatic carbocycles. The number of amides is 2. The molecular formula is C12H21N3O2. The molecule has 0 bridgehead atoms. The average Bonchev–Trinajstić information content (AvgIpc) is 3.24. The van der Waals surface area contributed by atoms with E-state index in [-0.39, 0.29) is 6.03 Å². The monoisotopic (exact) mass is 239 g/mol. The maximum atomic E-state index is 12.2. The van der Waals surface area contributed by atoms with Gasteiger partial charge in [-0.2, -0.15) is 0 Å². The van der Waals surface area contributed by atoms with Gasteiger partial charge in [0.25, 0.3) is 0 Å². The van der Waals surface area contributed by atoms with E-state index in [9.17, 15) is 4.79 Å². The van der Waals surface area contributed by atoms with Gasteiger partial charge in [0.05, 0.1) is 13.2 Å². The number of rotatable bonds is 1. The van der Waals surface area contributed by atoms with Crippen LogP contribution in [-0.2, 0) is 4.74 Å². The van der Waals surface area contributed by atoms with E-state index in [2.05, 4.69) is 4.90 Å². The van der Waals surface area contributed by atoms with Crippen molar-refractivity contribution < 1.29 is 9.53 Å². The molecule has 2 heterocycles. The van der Waals surface area contributed by atoms with E-state index in [1.54, 1.807) is 0 Å². The van der Waals surface area contributed by atoms with Crippen LogP contribution >= 0.6 is 0 Å². The van der Waals surface area contributed by atoms with Crippen LogP contribution in [-0.4, -0.2) is 79.3 Å². The topological polar surface area (TPSA) is 36.0 Å². The van der Waals surface area contributed by atoms with Gasteiger partial charge in [-0.05, 0) is 12.8 Å². The summed E-state index contributed by atoms with van der Waals surface area (Å²) in [6, 6.07) is 1.04. The lowest BCUT2D eigenvalue weighted by Gasteiger charge is -2.38. The van der Waals surface area contributed by atoms with Crippen molar-refractivity contribution in [3.8, 4) is 0 Å². The number of nitrogens with zero attached hydrogens (tertiary/aromatic N) is 3. The summed E-state index contributed by atoms with van der Waals surface area (Å²) in [6.07, 6.45) is 2.72. The molecule has 96 valence electrons. The Labute approximate surface area is 102 Å². The van der Waals surface area contributed by atoms with Crippen molar-refractivity contribution in [2.45, 2.75) is 18.9 Å². The van der Waals surface area contributed by atoms with Gasteiger partial charge in [-0.25, -0.2) is 4.79 Å². The van der Waals surface area contributed by atoms with Crippen molar-refractivity contribution in [3.05, 3.63) is 0 Å². The Balaban J connectivity index is 1.49. The third kappa shape index (κ3) is 2.55. The fraction of sp³-hybridized carbons (Fsp3) is 0.917. The minimum atomic E-state index is 0.212. The molecule has 0 atom stereocenters. The molecule has 0 aromatic rings. The molecule has 3 aliphatic rings. The maximum absolute atomic E-state index is 12.2. The molecular weight excluding hydrogens is 218 g/mol. The van der Waals surface area contributed by atoms with Crippen LogP contribution in [0.3, 0.4) is 0 Å². The first-order valence-corrected chi connectivity index (χ1v) is 6.70. The lowest BCUT2D eigenvalue weighted by atomic mass is 10.3. The fourth-order valence-electron chi connectivity index (χ4n) is 2.67. The smallest absolute Gasteiger partial charge is 0.320 e. The third-order valence-corrected chi connectivity index (χ3v) is 3.93. The van der Waals surface area contributed by atoms with Crippen LogP contribution < -0.4 is 0 Å². The molecule has 3 rings (SSSR count). The average molecular weight is 239 g/mol. The number of morpholine rings is 1. The van der Waals surface area contributed by atoms with E-state index < -0.39 is 0 Å². The number of carbonyl (C=O) groups excluding carboxylic acids is 1. The number of carbonyl (C=O) groups is 1. The Kier molecular flexibility index (Phi) is 3.20. The first kappa shape index (κ1) is 11.3. The van der Waals surface area contributed by atoms with Gasteiger partial charge in [0.15, 0.2) is 0 Å². The zero-order chi connectivity index (χ0) is 11.7. The van der Waals surface area contributed by atoms with Crippen molar-refractivity contribution in [2.24, 2.45) is 0 Å². The first-order chi connectivity index (χ1) is 8.34. The summed E-state index contributed by atoms with van der Waals surface area (Å²) >= 11 is 0. The third-order valence-electron chi connectivity index (χ3n) is 3.93. The zero-order valence-electron chi connectivity index (χ0n) is 10.3. The Morgan fingerprint density at radius 3 is 2.06 bits per heavy atom. The predicted octanol–water partition coefficient (Wildman–Crippen LogP) is 0.219. The minimum Gasteiger partial charge on any atom is -0.378 e. The van der Waals surface area contributed by atoms with Crippen LogP contribution in [0.15, 0.2) is 0 Å². The summed E-state index contributed by atoms with van der Waals surface area (Å²) in [5.41, 5.74) is 0. The molecule has 2 saturated heterocycles. The Morgan fingerprint density at radius 2 is 1.47 bits per heavy atom. The van der Waals surface area contributed by atoms with Gasteiger partial charge in [0.1, 0.15) is 0 Å². The van der Waals surface area contributed by atoms with Gasteiger partial charge in [0, 0.05) is 45.3 Å². The summed E-state index contributed by atoms with van der Waals surface area (Å²) in [7, 11) is 0. The van der Waals surface area contributed by atoms with Crippen LogP contribution in [0.4, 0.5) is 4.79 Å². The van der Waals surface area contributed by atoms with Crippen LogP contribution in [0, 0.1) is 0 Å². The van der Waals surface area contributed by atoms with Crippen molar-refractivity contribution in [3.63, 3.8) is 0 Å². The summed E-state index contributed by atoms with van der Waals surface area (Å²) in [4.78, 5) is 18.7. The normalized spacial score (nSPS) is 27.3. The highest BCUT2D eigenvalue weighted by Crippen LogP contribution is 2.27. The fourth-order valence-corrected chi connectivity index (χ4v) is 2.67. The van der Waals surface area contributed by atoms with Crippen LogP contribution in [0.25, 0.3) is 0 Å². The largest absolute Gasteiger partial charge is 0.378 e. The molecule has 0 radical (unpaired) electrons.